The van der Waals surface area contributed by atoms with Crippen molar-refractivity contribution >= 4 is 31.7 Å². The van der Waals surface area contributed by atoms with Gasteiger partial charge in [-0.1, -0.05) is 35.2 Å². The number of carbonyl (C=O) groups excluding carboxylic acids is 1. The summed E-state index contributed by atoms with van der Waals surface area (Å²) in [6, 6.07) is 0. The number of hydrogen-bond acceptors (Lipinski definition) is 3. The van der Waals surface area contributed by atoms with Crippen LogP contribution >= 0.6 is 15.9 Å². The van der Waals surface area contributed by atoms with Crippen LogP contribution in [0.15, 0.2) is 0 Å². The van der Waals surface area contributed by atoms with Crippen molar-refractivity contribution in [3.8, 4) is 0 Å². The fraction of sp³-hybridized carbons (Fsp3) is 0.917. The van der Waals surface area contributed by atoms with Crippen LogP contribution in [0, 0.1) is 0 Å². The largest absolute Gasteiger partial charge is 0.355 e. The molecule has 1 atom stereocenters. The van der Waals surface area contributed by atoms with Gasteiger partial charge in [-0.3, -0.25) is 4.79 Å². The van der Waals surface area contributed by atoms with Gasteiger partial charge in [-0.25, -0.2) is 8.42 Å². The highest BCUT2D eigenvalue weighted by Gasteiger charge is 2.34. The number of hydrogen-bond donors (Lipinski definition) is 1. The highest BCUT2D eigenvalue weighted by atomic mass is 79.9. The molecule has 1 fully saturated rings. The van der Waals surface area contributed by atoms with Gasteiger partial charge in [0, 0.05) is 11.9 Å². The third-order valence-corrected chi connectivity index (χ3v) is 5.97. The van der Waals surface area contributed by atoms with Gasteiger partial charge in [0.05, 0.1) is 5.75 Å². The average Bonchev–Trinajstić information content (AvgIpc) is 2.32. The van der Waals surface area contributed by atoms with Gasteiger partial charge in [-0.05, 0) is 25.7 Å². The van der Waals surface area contributed by atoms with Gasteiger partial charge >= 0.3 is 0 Å². The van der Waals surface area contributed by atoms with E-state index >= 15 is 0 Å². The molecule has 1 heterocycles. The van der Waals surface area contributed by atoms with E-state index in [1.165, 1.54) is 0 Å². The molecule has 0 aromatic heterocycles. The third-order valence-electron chi connectivity index (χ3n) is 3.23. The van der Waals surface area contributed by atoms with Crippen LogP contribution in [0.5, 0.6) is 0 Å². The van der Waals surface area contributed by atoms with E-state index in [0.717, 1.165) is 37.4 Å². The minimum Gasteiger partial charge on any atom is -0.355 e. The van der Waals surface area contributed by atoms with Gasteiger partial charge in [0.2, 0.25) is 5.91 Å². The summed E-state index contributed by atoms with van der Waals surface area (Å²) < 4.78 is 23.5. The predicted molar refractivity (Wildman–Crippen MR) is 76.7 cm³/mol. The van der Waals surface area contributed by atoms with Crippen LogP contribution in [0.2, 0.25) is 0 Å². The molecule has 0 bridgehead atoms. The highest BCUT2D eigenvalue weighted by molar-refractivity contribution is 9.09. The van der Waals surface area contributed by atoms with E-state index in [1.807, 2.05) is 0 Å². The van der Waals surface area contributed by atoms with Crippen molar-refractivity contribution in [3.63, 3.8) is 0 Å². The van der Waals surface area contributed by atoms with Crippen LogP contribution in [0.3, 0.4) is 0 Å². The minimum atomic E-state index is -3.19. The molecule has 1 rings (SSSR count). The molecule has 1 N–H and O–H groups in total. The normalized spacial score (nSPS) is 22.6. The van der Waals surface area contributed by atoms with E-state index in [1.54, 1.807) is 0 Å². The summed E-state index contributed by atoms with van der Waals surface area (Å²) in [5, 5.41) is 2.97. The molecular weight excluding hydrogens is 318 g/mol. The lowest BCUT2D eigenvalue weighted by Crippen LogP contribution is -2.43. The van der Waals surface area contributed by atoms with E-state index in [4.69, 9.17) is 0 Å². The summed E-state index contributed by atoms with van der Waals surface area (Å²) in [5.41, 5.74) is 0. The van der Waals surface area contributed by atoms with Gasteiger partial charge in [-0.15, -0.1) is 0 Å². The molecule has 0 saturated carbocycles. The first-order valence-electron chi connectivity index (χ1n) is 6.63. The van der Waals surface area contributed by atoms with Crippen molar-refractivity contribution in [3.05, 3.63) is 0 Å². The molecule has 1 saturated heterocycles. The Morgan fingerprint density at radius 1 is 1.17 bits per heavy atom. The molecule has 1 unspecified atom stereocenters. The lowest BCUT2D eigenvalue weighted by atomic mass is 10.1. The fourth-order valence-electron chi connectivity index (χ4n) is 2.15. The van der Waals surface area contributed by atoms with Crippen molar-refractivity contribution in [1.29, 1.82) is 0 Å². The minimum absolute atomic E-state index is 0.163. The van der Waals surface area contributed by atoms with Gasteiger partial charge in [0.25, 0.3) is 0 Å². The summed E-state index contributed by atoms with van der Waals surface area (Å²) >= 11 is 3.37. The Bertz CT molecular complexity index is 356. The molecule has 0 radical (unpaired) electrons. The Morgan fingerprint density at radius 3 is 2.56 bits per heavy atom. The van der Waals surface area contributed by atoms with Gasteiger partial charge in [-0.2, -0.15) is 0 Å². The summed E-state index contributed by atoms with van der Waals surface area (Å²) in [7, 11) is -3.19. The molecule has 18 heavy (non-hydrogen) atoms. The van der Waals surface area contributed by atoms with Crippen molar-refractivity contribution in [2.45, 2.75) is 50.2 Å². The van der Waals surface area contributed by atoms with E-state index in [2.05, 4.69) is 21.2 Å². The summed E-state index contributed by atoms with van der Waals surface area (Å²) in [6.45, 7) is 0.590. The quantitative estimate of drug-likeness (QED) is 0.570. The van der Waals surface area contributed by atoms with Crippen LogP contribution < -0.4 is 5.32 Å². The first kappa shape index (κ1) is 16.0. The van der Waals surface area contributed by atoms with Gasteiger partial charge in [0.15, 0.2) is 9.84 Å². The zero-order chi connectivity index (χ0) is 13.4. The molecule has 1 aliphatic heterocycles. The Kier molecular flexibility index (Phi) is 7.22. The lowest BCUT2D eigenvalue weighted by Gasteiger charge is -2.21. The molecule has 0 spiro atoms. The number of amides is 1. The average molecular weight is 340 g/mol. The van der Waals surface area contributed by atoms with Crippen LogP contribution in [0.1, 0.15) is 44.9 Å². The first-order valence-corrected chi connectivity index (χ1v) is 9.47. The molecule has 1 aliphatic rings. The standard InChI is InChI=1S/C12H22BrNO3S/c13-8-4-1-2-5-9-14-12(15)11-7-3-6-10-18(11,16)17/h11H,1-10H2,(H,14,15). The fourth-order valence-corrected chi connectivity index (χ4v) is 4.37. The van der Waals surface area contributed by atoms with Crippen molar-refractivity contribution in [2.75, 3.05) is 17.6 Å². The zero-order valence-corrected chi connectivity index (χ0v) is 13.1. The predicted octanol–water partition coefficient (Wildman–Crippen LogP) is 2.03. The molecule has 0 aromatic carbocycles. The van der Waals surface area contributed by atoms with Crippen LogP contribution in [0.4, 0.5) is 0 Å². The molecule has 0 aromatic rings. The number of nitrogens with one attached hydrogen (secondary N) is 1. The van der Waals surface area contributed by atoms with E-state index in [0.29, 0.717) is 19.4 Å². The van der Waals surface area contributed by atoms with Gasteiger partial charge < -0.3 is 5.32 Å². The monoisotopic (exact) mass is 339 g/mol. The second-order valence-electron chi connectivity index (χ2n) is 4.75. The summed E-state index contributed by atoms with van der Waals surface area (Å²) in [6.07, 6.45) is 6.29. The van der Waals surface area contributed by atoms with E-state index < -0.39 is 15.1 Å². The lowest BCUT2D eigenvalue weighted by molar-refractivity contribution is -0.120. The van der Waals surface area contributed by atoms with E-state index in [-0.39, 0.29) is 11.7 Å². The molecule has 4 nitrogen and oxygen atoms in total. The SMILES string of the molecule is O=C(NCCCCCCBr)C1CCCCS1(=O)=O. The maximum absolute atomic E-state index is 11.8. The third kappa shape index (κ3) is 5.26. The van der Waals surface area contributed by atoms with E-state index in [9.17, 15) is 13.2 Å². The number of carbonyl (C=O) groups is 1. The van der Waals surface area contributed by atoms with Gasteiger partial charge in [0.1, 0.15) is 5.25 Å². The molecule has 106 valence electrons. The zero-order valence-electron chi connectivity index (χ0n) is 10.7. The number of alkyl halides is 1. The Morgan fingerprint density at radius 2 is 1.89 bits per heavy atom. The Labute approximate surface area is 118 Å². The van der Waals surface area contributed by atoms with Crippen molar-refractivity contribution < 1.29 is 13.2 Å². The Balaban J connectivity index is 2.24. The van der Waals surface area contributed by atoms with Crippen LogP contribution in [-0.2, 0) is 14.6 Å². The maximum Gasteiger partial charge on any atom is 0.238 e. The van der Waals surface area contributed by atoms with Crippen molar-refractivity contribution in [1.82, 2.24) is 5.32 Å². The van der Waals surface area contributed by atoms with Crippen LogP contribution in [0.25, 0.3) is 0 Å². The highest BCUT2D eigenvalue weighted by Crippen LogP contribution is 2.19. The number of halogens is 1. The molecular formula is C12H22BrNO3S. The summed E-state index contributed by atoms with van der Waals surface area (Å²) in [5.74, 6) is -0.133. The number of sulfone groups is 1. The second kappa shape index (κ2) is 8.15. The molecule has 0 aliphatic carbocycles. The molecule has 6 heteroatoms. The maximum atomic E-state index is 11.8. The van der Waals surface area contributed by atoms with Crippen LogP contribution in [-0.4, -0.2) is 37.2 Å². The number of unbranched alkanes of at least 4 members (excludes halogenated alkanes) is 3. The molecule has 1 amide bonds. The summed E-state index contributed by atoms with van der Waals surface area (Å²) in [4.78, 5) is 11.8. The topological polar surface area (TPSA) is 63.2 Å². The second-order valence-corrected chi connectivity index (χ2v) is 7.84. The number of rotatable bonds is 7. The van der Waals surface area contributed by atoms with Crippen molar-refractivity contribution in [2.24, 2.45) is 0 Å². The smallest absolute Gasteiger partial charge is 0.238 e. The Hall–Kier alpha value is -0.100. The first-order chi connectivity index (χ1) is 8.58.